The lowest BCUT2D eigenvalue weighted by Gasteiger charge is -2.24. The van der Waals surface area contributed by atoms with Crippen LogP contribution in [0.4, 0.5) is 5.82 Å². The van der Waals surface area contributed by atoms with Gasteiger partial charge in [-0.15, -0.1) is 0 Å². The maximum atomic E-state index is 5.47. The third kappa shape index (κ3) is 3.63. The molecule has 90 valence electrons. The average Bonchev–Trinajstić information content (AvgIpc) is 2.34. The predicted octanol–water partition coefficient (Wildman–Crippen LogP) is 2.49. The number of rotatable bonds is 6. The molecule has 0 fully saturated rings. The van der Waals surface area contributed by atoms with Crippen LogP contribution in [0.3, 0.4) is 0 Å². The van der Waals surface area contributed by atoms with Crippen molar-refractivity contribution in [3.05, 3.63) is 12.4 Å². The highest BCUT2D eigenvalue weighted by atomic mass is 79.9. The van der Waals surface area contributed by atoms with Gasteiger partial charge in [0.25, 0.3) is 0 Å². The summed E-state index contributed by atoms with van der Waals surface area (Å²) in [6.07, 6.45) is 2.52. The first-order chi connectivity index (χ1) is 7.69. The summed E-state index contributed by atoms with van der Waals surface area (Å²) in [4.78, 5) is 10.4. The van der Waals surface area contributed by atoms with Crippen LogP contribution in [0.15, 0.2) is 12.4 Å². The first-order valence-electron chi connectivity index (χ1n) is 5.42. The summed E-state index contributed by atoms with van der Waals surface area (Å²) in [6, 6.07) is 2.25. The molecule has 0 radical (unpaired) electrons. The van der Waals surface area contributed by atoms with Gasteiger partial charge in [-0.25, -0.2) is 9.97 Å². The number of halogens is 1. The van der Waals surface area contributed by atoms with Crippen molar-refractivity contribution in [2.24, 2.45) is 0 Å². The Kier molecular flexibility index (Phi) is 5.52. The summed E-state index contributed by atoms with van der Waals surface area (Å²) in [5.74, 6) is 1.52. The van der Waals surface area contributed by atoms with Crippen LogP contribution in [-0.2, 0) is 0 Å². The third-order valence-electron chi connectivity index (χ3n) is 2.33. The highest BCUT2D eigenvalue weighted by Gasteiger charge is 2.10. The van der Waals surface area contributed by atoms with Gasteiger partial charge in [-0.1, -0.05) is 22.9 Å². The van der Waals surface area contributed by atoms with Gasteiger partial charge >= 0.3 is 0 Å². The van der Waals surface area contributed by atoms with Crippen LogP contribution in [0, 0.1) is 0 Å². The number of aromatic nitrogens is 2. The van der Waals surface area contributed by atoms with Gasteiger partial charge in [-0.3, -0.25) is 0 Å². The van der Waals surface area contributed by atoms with Gasteiger partial charge in [0.2, 0.25) is 5.88 Å². The zero-order chi connectivity index (χ0) is 12.0. The van der Waals surface area contributed by atoms with Crippen LogP contribution in [0.5, 0.6) is 5.88 Å². The van der Waals surface area contributed by atoms with Gasteiger partial charge in [0.15, 0.2) is 0 Å². The minimum atomic E-state index is 0.383. The minimum Gasteiger partial charge on any atom is -0.478 e. The average molecular weight is 288 g/mol. The molecule has 0 aromatic carbocycles. The van der Waals surface area contributed by atoms with Crippen LogP contribution in [0.2, 0.25) is 0 Å². The van der Waals surface area contributed by atoms with Gasteiger partial charge in [0.1, 0.15) is 12.1 Å². The lowest BCUT2D eigenvalue weighted by molar-refractivity contribution is 0.304. The van der Waals surface area contributed by atoms with E-state index in [0.29, 0.717) is 18.5 Å². The van der Waals surface area contributed by atoms with Gasteiger partial charge in [-0.2, -0.15) is 0 Å². The second kappa shape index (κ2) is 6.68. The van der Waals surface area contributed by atoms with Gasteiger partial charge in [0, 0.05) is 24.5 Å². The fourth-order valence-electron chi connectivity index (χ4n) is 1.14. The molecule has 0 aliphatic heterocycles. The summed E-state index contributed by atoms with van der Waals surface area (Å²) >= 11 is 3.46. The van der Waals surface area contributed by atoms with E-state index < -0.39 is 0 Å². The van der Waals surface area contributed by atoms with E-state index >= 15 is 0 Å². The summed E-state index contributed by atoms with van der Waals surface area (Å²) in [6.45, 7) is 4.89. The van der Waals surface area contributed by atoms with Gasteiger partial charge in [-0.05, 0) is 13.3 Å². The Balaban J connectivity index is 2.73. The number of hydrogen-bond donors (Lipinski definition) is 0. The van der Waals surface area contributed by atoms with Crippen LogP contribution < -0.4 is 9.64 Å². The van der Waals surface area contributed by atoms with Gasteiger partial charge < -0.3 is 9.64 Å². The quantitative estimate of drug-likeness (QED) is 0.754. The zero-order valence-electron chi connectivity index (χ0n) is 9.98. The van der Waals surface area contributed by atoms with E-state index in [4.69, 9.17) is 4.74 Å². The fraction of sp³-hybridized carbons (Fsp3) is 0.636. The number of anilines is 1. The van der Waals surface area contributed by atoms with Crippen LogP contribution in [-0.4, -0.2) is 35.0 Å². The molecule has 1 heterocycles. The molecule has 1 unspecified atom stereocenters. The molecule has 0 aliphatic rings. The normalized spacial score (nSPS) is 12.2. The molecule has 0 spiro atoms. The monoisotopic (exact) mass is 287 g/mol. The molecule has 0 amide bonds. The molecule has 5 heteroatoms. The molecule has 4 nitrogen and oxygen atoms in total. The standard InChI is InChI=1S/C11H18BrN3O/c1-4-5-16-11-6-10(13-8-14-11)15(3)9(2)7-12/h6,8-9H,4-5,7H2,1-3H3. The number of hydrogen-bond acceptors (Lipinski definition) is 4. The molecule has 0 saturated heterocycles. The predicted molar refractivity (Wildman–Crippen MR) is 69.5 cm³/mol. The number of ether oxygens (including phenoxy) is 1. The number of alkyl halides is 1. The van der Waals surface area contributed by atoms with E-state index in [9.17, 15) is 0 Å². The van der Waals surface area contributed by atoms with Crippen molar-refractivity contribution in [2.75, 3.05) is 23.9 Å². The summed E-state index contributed by atoms with van der Waals surface area (Å²) < 4.78 is 5.47. The Morgan fingerprint density at radius 3 is 2.88 bits per heavy atom. The molecule has 0 bridgehead atoms. The molecule has 1 atom stereocenters. The third-order valence-corrected chi connectivity index (χ3v) is 3.26. The zero-order valence-corrected chi connectivity index (χ0v) is 11.6. The molecule has 0 aliphatic carbocycles. The van der Waals surface area contributed by atoms with Gasteiger partial charge in [0.05, 0.1) is 6.61 Å². The van der Waals surface area contributed by atoms with E-state index in [0.717, 1.165) is 17.6 Å². The van der Waals surface area contributed by atoms with Crippen molar-refractivity contribution in [3.63, 3.8) is 0 Å². The van der Waals surface area contributed by atoms with Crippen molar-refractivity contribution < 1.29 is 4.74 Å². The minimum absolute atomic E-state index is 0.383. The van der Waals surface area contributed by atoms with E-state index in [1.54, 1.807) is 0 Å². The molecule has 1 aromatic rings. The summed E-state index contributed by atoms with van der Waals surface area (Å²) in [5, 5.41) is 0.901. The second-order valence-corrected chi connectivity index (χ2v) is 4.32. The van der Waals surface area contributed by atoms with E-state index in [1.807, 2.05) is 13.1 Å². The first kappa shape index (κ1) is 13.2. The van der Waals surface area contributed by atoms with Crippen LogP contribution >= 0.6 is 15.9 Å². The Morgan fingerprint density at radius 1 is 1.50 bits per heavy atom. The van der Waals surface area contributed by atoms with E-state index in [1.165, 1.54) is 6.33 Å². The smallest absolute Gasteiger partial charge is 0.218 e. The largest absolute Gasteiger partial charge is 0.478 e. The Morgan fingerprint density at radius 2 is 2.25 bits per heavy atom. The lowest BCUT2D eigenvalue weighted by Crippen LogP contribution is -2.30. The second-order valence-electron chi connectivity index (χ2n) is 3.68. The van der Waals surface area contributed by atoms with Crippen LogP contribution in [0.25, 0.3) is 0 Å². The molecular formula is C11H18BrN3O. The van der Waals surface area contributed by atoms with Crippen LogP contribution in [0.1, 0.15) is 20.3 Å². The highest BCUT2D eigenvalue weighted by molar-refractivity contribution is 9.09. The molecule has 16 heavy (non-hydrogen) atoms. The SMILES string of the molecule is CCCOc1cc(N(C)C(C)CBr)ncn1. The molecule has 1 rings (SSSR count). The molecular weight excluding hydrogens is 270 g/mol. The Bertz CT molecular complexity index is 322. The Hall–Kier alpha value is -0.840. The molecule has 0 saturated carbocycles. The van der Waals surface area contributed by atoms with E-state index in [2.05, 4.69) is 44.6 Å². The number of nitrogens with zero attached hydrogens (tertiary/aromatic N) is 3. The van der Waals surface area contributed by atoms with Crippen molar-refractivity contribution in [1.29, 1.82) is 0 Å². The first-order valence-corrected chi connectivity index (χ1v) is 6.54. The fourth-order valence-corrected chi connectivity index (χ4v) is 1.57. The highest BCUT2D eigenvalue weighted by Crippen LogP contribution is 2.17. The lowest BCUT2D eigenvalue weighted by atomic mass is 10.3. The summed E-state index contributed by atoms with van der Waals surface area (Å²) in [7, 11) is 2.01. The van der Waals surface area contributed by atoms with Crippen molar-refractivity contribution in [3.8, 4) is 5.88 Å². The molecule has 1 aromatic heterocycles. The molecule has 0 N–H and O–H groups in total. The Labute approximate surface area is 105 Å². The maximum Gasteiger partial charge on any atom is 0.218 e. The topological polar surface area (TPSA) is 38.2 Å². The van der Waals surface area contributed by atoms with Crippen molar-refractivity contribution >= 4 is 21.7 Å². The summed E-state index contributed by atoms with van der Waals surface area (Å²) in [5.41, 5.74) is 0. The maximum absolute atomic E-state index is 5.47. The van der Waals surface area contributed by atoms with E-state index in [-0.39, 0.29) is 0 Å². The van der Waals surface area contributed by atoms with Crippen molar-refractivity contribution in [1.82, 2.24) is 9.97 Å². The van der Waals surface area contributed by atoms with Crippen molar-refractivity contribution in [2.45, 2.75) is 26.3 Å².